The number of nitrogens with zero attached hydrogens (tertiary/aromatic N) is 5. The number of ketones is 1. The number of carbonyl (C=O) groups is 1. The average Bonchev–Trinajstić information content (AvgIpc) is 2.86. The summed E-state index contributed by atoms with van der Waals surface area (Å²) in [5.41, 5.74) is 0.523. The molecule has 0 aromatic carbocycles. The van der Waals surface area contributed by atoms with Gasteiger partial charge in [-0.2, -0.15) is 10.1 Å². The van der Waals surface area contributed by atoms with Crippen LogP contribution in [0.3, 0.4) is 0 Å². The van der Waals surface area contributed by atoms with Gasteiger partial charge in [0.1, 0.15) is 5.69 Å². The second-order valence-electron chi connectivity index (χ2n) is 3.82. The Balaban J connectivity index is 2.11. The summed E-state index contributed by atoms with van der Waals surface area (Å²) in [6.07, 6.45) is 1.66. The molecular weight excluding hydrogens is 222 g/mol. The molecule has 7 heteroatoms. The highest BCUT2D eigenvalue weighted by Gasteiger charge is 2.16. The van der Waals surface area contributed by atoms with E-state index in [4.69, 9.17) is 4.52 Å². The van der Waals surface area contributed by atoms with Gasteiger partial charge in [-0.25, -0.2) is 0 Å². The predicted octanol–water partition coefficient (Wildman–Crippen LogP) is 0.294. The van der Waals surface area contributed by atoms with Gasteiger partial charge in [0, 0.05) is 27.3 Å². The third-order valence-electron chi connectivity index (χ3n) is 2.28. The van der Waals surface area contributed by atoms with Crippen molar-refractivity contribution in [3.8, 4) is 0 Å². The number of rotatable bonds is 4. The third-order valence-corrected chi connectivity index (χ3v) is 2.28. The van der Waals surface area contributed by atoms with E-state index in [1.54, 1.807) is 38.3 Å². The van der Waals surface area contributed by atoms with Gasteiger partial charge in [0.15, 0.2) is 5.78 Å². The minimum Gasteiger partial charge on any atom is -0.344 e. The molecule has 0 fully saturated rings. The second-order valence-corrected chi connectivity index (χ2v) is 3.82. The van der Waals surface area contributed by atoms with Gasteiger partial charge in [0.2, 0.25) is 5.89 Å². The number of hydrogen-bond donors (Lipinski definition) is 0. The van der Waals surface area contributed by atoms with Gasteiger partial charge in [-0.3, -0.25) is 9.48 Å². The molecule has 2 aromatic rings. The van der Waals surface area contributed by atoms with Crippen LogP contribution in [0.25, 0.3) is 0 Å². The molecule has 0 N–H and O–H groups in total. The fraction of sp³-hybridized carbons (Fsp3) is 0.400. The number of Topliss-reactive ketones (excluding diaryl/α,β-unsaturated/α-hetero) is 1. The first kappa shape index (κ1) is 11.3. The van der Waals surface area contributed by atoms with Crippen LogP contribution in [0.1, 0.15) is 16.4 Å². The lowest BCUT2D eigenvalue weighted by Crippen LogP contribution is -2.11. The molecule has 7 nitrogen and oxygen atoms in total. The van der Waals surface area contributed by atoms with Crippen LogP contribution in [-0.4, -0.2) is 39.8 Å². The summed E-state index contributed by atoms with van der Waals surface area (Å²) in [6.45, 7) is 0. The lowest BCUT2D eigenvalue weighted by molar-refractivity contribution is 0.0974. The van der Waals surface area contributed by atoms with Crippen molar-refractivity contribution in [1.29, 1.82) is 0 Å². The summed E-state index contributed by atoms with van der Waals surface area (Å²) >= 11 is 0. The highest BCUT2D eigenvalue weighted by molar-refractivity contribution is 5.95. The predicted molar refractivity (Wildman–Crippen MR) is 59.9 cm³/mol. The van der Waals surface area contributed by atoms with E-state index in [-0.39, 0.29) is 12.2 Å². The van der Waals surface area contributed by atoms with Crippen molar-refractivity contribution in [2.75, 3.05) is 19.0 Å². The highest BCUT2D eigenvalue weighted by atomic mass is 16.5. The van der Waals surface area contributed by atoms with E-state index in [1.165, 1.54) is 4.68 Å². The molecule has 2 aromatic heterocycles. The van der Waals surface area contributed by atoms with Crippen molar-refractivity contribution in [3.05, 3.63) is 23.8 Å². The number of carbonyl (C=O) groups excluding carboxylic acids is 1. The largest absolute Gasteiger partial charge is 0.344 e. The maximum atomic E-state index is 11.9. The first-order valence-electron chi connectivity index (χ1n) is 5.09. The molecule has 0 atom stereocenters. The van der Waals surface area contributed by atoms with Gasteiger partial charge in [-0.15, -0.1) is 0 Å². The Morgan fingerprint density at radius 1 is 1.53 bits per heavy atom. The van der Waals surface area contributed by atoms with E-state index < -0.39 is 0 Å². The van der Waals surface area contributed by atoms with Gasteiger partial charge in [0.25, 0.3) is 5.95 Å². The van der Waals surface area contributed by atoms with Crippen molar-refractivity contribution < 1.29 is 9.32 Å². The number of aromatic nitrogens is 4. The van der Waals surface area contributed by atoms with Crippen LogP contribution in [0, 0.1) is 0 Å². The topological polar surface area (TPSA) is 77.0 Å². The standard InChI is InChI=1S/C10H13N5O2/c1-14(2)10-12-9(17-13-10)6-8(16)7-4-5-11-15(7)3/h4-5H,6H2,1-3H3. The fourth-order valence-corrected chi connectivity index (χ4v) is 1.37. The van der Waals surface area contributed by atoms with Crippen molar-refractivity contribution in [2.24, 2.45) is 7.05 Å². The quantitative estimate of drug-likeness (QED) is 0.709. The maximum absolute atomic E-state index is 11.9. The van der Waals surface area contributed by atoms with Crippen LogP contribution in [0.2, 0.25) is 0 Å². The number of anilines is 1. The van der Waals surface area contributed by atoms with Crippen LogP contribution < -0.4 is 4.90 Å². The monoisotopic (exact) mass is 235 g/mol. The Morgan fingerprint density at radius 3 is 2.82 bits per heavy atom. The molecule has 0 spiro atoms. The summed E-state index contributed by atoms with van der Waals surface area (Å²) in [4.78, 5) is 17.7. The zero-order chi connectivity index (χ0) is 12.4. The summed E-state index contributed by atoms with van der Waals surface area (Å²) in [5.74, 6) is 0.664. The van der Waals surface area contributed by atoms with E-state index in [0.29, 0.717) is 17.5 Å². The second kappa shape index (κ2) is 4.36. The Morgan fingerprint density at radius 2 is 2.29 bits per heavy atom. The Hall–Kier alpha value is -2.18. The first-order valence-corrected chi connectivity index (χ1v) is 5.09. The van der Waals surface area contributed by atoms with Crippen LogP contribution in [0.15, 0.2) is 16.8 Å². The Labute approximate surface area is 98.0 Å². The lowest BCUT2D eigenvalue weighted by atomic mass is 10.2. The van der Waals surface area contributed by atoms with Gasteiger partial charge in [-0.05, 0) is 11.2 Å². The molecular formula is C10H13N5O2. The summed E-state index contributed by atoms with van der Waals surface area (Å²) in [6, 6.07) is 1.66. The van der Waals surface area contributed by atoms with Gasteiger partial charge in [0.05, 0.1) is 6.42 Å². The molecule has 0 bridgehead atoms. The molecule has 17 heavy (non-hydrogen) atoms. The molecule has 0 amide bonds. The van der Waals surface area contributed by atoms with Crippen molar-refractivity contribution in [1.82, 2.24) is 19.9 Å². The van der Waals surface area contributed by atoms with E-state index in [2.05, 4.69) is 15.2 Å². The molecule has 0 aliphatic rings. The normalized spacial score (nSPS) is 10.5. The fourth-order valence-electron chi connectivity index (χ4n) is 1.37. The molecule has 0 aliphatic heterocycles. The highest BCUT2D eigenvalue weighted by Crippen LogP contribution is 2.08. The summed E-state index contributed by atoms with van der Waals surface area (Å²) in [5, 5.41) is 7.67. The maximum Gasteiger partial charge on any atom is 0.265 e. The molecule has 0 aliphatic carbocycles. The van der Waals surface area contributed by atoms with Crippen molar-refractivity contribution in [3.63, 3.8) is 0 Å². The van der Waals surface area contributed by atoms with Crippen LogP contribution in [0.4, 0.5) is 5.95 Å². The zero-order valence-corrected chi connectivity index (χ0v) is 9.91. The molecule has 0 saturated carbocycles. The van der Waals surface area contributed by atoms with Crippen molar-refractivity contribution >= 4 is 11.7 Å². The molecule has 2 heterocycles. The zero-order valence-electron chi connectivity index (χ0n) is 9.91. The lowest BCUT2D eigenvalue weighted by Gasteiger charge is -2.02. The van der Waals surface area contributed by atoms with Gasteiger partial charge in [-0.1, -0.05) is 0 Å². The molecule has 0 saturated heterocycles. The van der Waals surface area contributed by atoms with Crippen molar-refractivity contribution in [2.45, 2.75) is 6.42 Å². The molecule has 0 unspecified atom stereocenters. The minimum atomic E-state index is -0.0982. The first-order chi connectivity index (χ1) is 8.08. The van der Waals surface area contributed by atoms with Gasteiger partial charge < -0.3 is 9.42 Å². The van der Waals surface area contributed by atoms with E-state index >= 15 is 0 Å². The van der Waals surface area contributed by atoms with Crippen LogP contribution in [-0.2, 0) is 13.5 Å². The average molecular weight is 235 g/mol. The molecule has 90 valence electrons. The molecule has 0 radical (unpaired) electrons. The number of hydrogen-bond acceptors (Lipinski definition) is 6. The van der Waals surface area contributed by atoms with Gasteiger partial charge >= 0.3 is 0 Å². The SMILES string of the molecule is CN(C)c1noc(CC(=O)c2ccnn2C)n1. The number of aryl methyl sites for hydroxylation is 1. The van der Waals surface area contributed by atoms with E-state index in [9.17, 15) is 4.79 Å². The van der Waals surface area contributed by atoms with Crippen LogP contribution in [0.5, 0.6) is 0 Å². The summed E-state index contributed by atoms with van der Waals surface area (Å²) in [7, 11) is 5.32. The Bertz CT molecular complexity index is 528. The van der Waals surface area contributed by atoms with E-state index in [1.807, 2.05) is 0 Å². The summed E-state index contributed by atoms with van der Waals surface area (Å²) < 4.78 is 6.50. The Kier molecular flexibility index (Phi) is 2.90. The molecule has 2 rings (SSSR count). The van der Waals surface area contributed by atoms with Crippen LogP contribution >= 0.6 is 0 Å². The third kappa shape index (κ3) is 2.32. The van der Waals surface area contributed by atoms with E-state index in [0.717, 1.165) is 0 Å². The smallest absolute Gasteiger partial charge is 0.265 e. The minimum absolute atomic E-state index is 0.0837.